The van der Waals surface area contributed by atoms with Crippen molar-refractivity contribution in [2.45, 2.75) is 16.7 Å². The molecule has 0 aliphatic carbocycles. The number of halogens is 4. The Labute approximate surface area is 117 Å². The molecule has 1 aromatic rings. The molecule has 1 aromatic carbocycles. The molecule has 1 fully saturated rings. The van der Waals surface area contributed by atoms with Gasteiger partial charge in [-0.2, -0.15) is 13.2 Å². The highest BCUT2D eigenvalue weighted by molar-refractivity contribution is 14.1. The van der Waals surface area contributed by atoms with Crippen molar-refractivity contribution in [3.8, 4) is 0 Å². The molecule has 0 aromatic heterocycles. The lowest BCUT2D eigenvalue weighted by molar-refractivity contribution is -0.0452. The van der Waals surface area contributed by atoms with Gasteiger partial charge in [0.2, 0.25) is 0 Å². The summed E-state index contributed by atoms with van der Waals surface area (Å²) in [7, 11) is -3.03. The molecule has 100 valence electrons. The number of rotatable bonds is 2. The minimum atomic E-state index is -4.76. The summed E-state index contributed by atoms with van der Waals surface area (Å²) in [5, 5.41) is 0. The quantitative estimate of drug-likeness (QED) is 0.727. The summed E-state index contributed by atoms with van der Waals surface area (Å²) in [6.07, 6.45) is -0.679. The van der Waals surface area contributed by atoms with Crippen molar-refractivity contribution >= 4 is 33.4 Å². The van der Waals surface area contributed by atoms with Gasteiger partial charge in [0.05, 0.1) is 13.2 Å². The molecule has 0 N–H and O–H groups in total. The van der Waals surface area contributed by atoms with Gasteiger partial charge in [0, 0.05) is 14.0 Å². The van der Waals surface area contributed by atoms with Crippen LogP contribution in [0.4, 0.5) is 13.2 Å². The molecule has 1 unspecified atom stereocenters. The maximum Gasteiger partial charge on any atom is 0.475 e. The highest BCUT2D eigenvalue weighted by atomic mass is 127. The fourth-order valence-electron chi connectivity index (χ4n) is 1.49. The van der Waals surface area contributed by atoms with Crippen molar-refractivity contribution in [3.05, 3.63) is 27.3 Å². The van der Waals surface area contributed by atoms with Crippen LogP contribution >= 0.6 is 22.6 Å². The summed E-state index contributed by atoms with van der Waals surface area (Å²) in [5.74, 6) is 0. The molecule has 3 nitrogen and oxygen atoms in total. The van der Waals surface area contributed by atoms with Crippen LogP contribution in [0.5, 0.6) is 0 Å². The van der Waals surface area contributed by atoms with E-state index in [9.17, 15) is 17.4 Å². The van der Waals surface area contributed by atoms with Crippen LogP contribution in [0.25, 0.3) is 0 Å². The maximum atomic E-state index is 12.4. The zero-order valence-electron chi connectivity index (χ0n) is 8.87. The lowest BCUT2D eigenvalue weighted by atomic mass is 10.2. The molecule has 1 atom stereocenters. The van der Waals surface area contributed by atoms with Gasteiger partial charge in [-0.25, -0.2) is 4.21 Å². The van der Waals surface area contributed by atoms with Gasteiger partial charge in [0.15, 0.2) is 17.1 Å². The molecule has 1 aliphatic rings. The fraction of sp³-hybridized carbons (Fsp3) is 0.400. The Kier molecular flexibility index (Phi) is 4.29. The SMILES string of the molecule is O=S(c1ccc(I)c(C2OCCO2)c1)C(F)(F)F. The van der Waals surface area contributed by atoms with E-state index in [1.54, 1.807) is 0 Å². The number of hydrogen-bond donors (Lipinski definition) is 0. The zero-order chi connectivity index (χ0) is 13.3. The topological polar surface area (TPSA) is 35.5 Å². The standard InChI is InChI=1S/C10H8F3IO3S/c11-10(12,13)18(15)6-1-2-8(14)7(5-6)9-16-3-4-17-9/h1-2,5,9H,3-4H2. The summed E-state index contributed by atoms with van der Waals surface area (Å²) in [6.45, 7) is 0.792. The number of hydrogen-bond acceptors (Lipinski definition) is 3. The first-order chi connectivity index (χ1) is 8.39. The second kappa shape index (κ2) is 5.43. The van der Waals surface area contributed by atoms with Crippen molar-refractivity contribution in [2.75, 3.05) is 13.2 Å². The molecule has 2 rings (SSSR count). The Morgan fingerprint density at radius 2 is 1.89 bits per heavy atom. The first-order valence-corrected chi connectivity index (χ1v) is 7.13. The van der Waals surface area contributed by atoms with Crippen molar-refractivity contribution < 1.29 is 26.9 Å². The summed E-state index contributed by atoms with van der Waals surface area (Å²) >= 11 is 1.97. The van der Waals surface area contributed by atoms with E-state index in [1.165, 1.54) is 18.2 Å². The molecule has 18 heavy (non-hydrogen) atoms. The molecule has 0 radical (unpaired) electrons. The number of ether oxygens (including phenoxy) is 2. The second-order valence-electron chi connectivity index (χ2n) is 3.47. The minimum Gasteiger partial charge on any atom is -0.346 e. The molecular weight excluding hydrogens is 384 g/mol. The number of alkyl halides is 3. The van der Waals surface area contributed by atoms with Crippen molar-refractivity contribution in [2.24, 2.45) is 0 Å². The molecule has 1 heterocycles. The van der Waals surface area contributed by atoms with Crippen LogP contribution in [0, 0.1) is 3.57 Å². The van der Waals surface area contributed by atoms with Gasteiger partial charge in [-0.15, -0.1) is 0 Å². The molecule has 0 bridgehead atoms. The monoisotopic (exact) mass is 392 g/mol. The largest absolute Gasteiger partial charge is 0.475 e. The van der Waals surface area contributed by atoms with Crippen LogP contribution in [0.15, 0.2) is 23.1 Å². The van der Waals surface area contributed by atoms with Gasteiger partial charge in [0.1, 0.15) is 0 Å². The average Bonchev–Trinajstić information content (AvgIpc) is 2.81. The smallest absolute Gasteiger partial charge is 0.346 e. The predicted octanol–water partition coefficient (Wildman–Crippen LogP) is 2.96. The summed E-state index contributed by atoms with van der Waals surface area (Å²) in [4.78, 5) is -0.294. The average molecular weight is 392 g/mol. The second-order valence-corrected chi connectivity index (χ2v) is 6.11. The van der Waals surface area contributed by atoms with E-state index < -0.39 is 22.6 Å². The van der Waals surface area contributed by atoms with Crippen LogP contribution in [-0.4, -0.2) is 22.9 Å². The first kappa shape index (κ1) is 14.2. The van der Waals surface area contributed by atoms with Crippen molar-refractivity contribution in [1.29, 1.82) is 0 Å². The lowest BCUT2D eigenvalue weighted by Gasteiger charge is -2.13. The summed E-state index contributed by atoms with van der Waals surface area (Å²) in [6, 6.07) is 3.89. The molecule has 8 heteroatoms. The van der Waals surface area contributed by atoms with Gasteiger partial charge in [-0.1, -0.05) is 0 Å². The fourth-order valence-corrected chi connectivity index (χ4v) is 2.77. The van der Waals surface area contributed by atoms with E-state index >= 15 is 0 Å². The molecular formula is C10H8F3IO3S. The number of benzene rings is 1. The van der Waals surface area contributed by atoms with Crippen LogP contribution in [0.2, 0.25) is 0 Å². The predicted molar refractivity (Wildman–Crippen MR) is 66.3 cm³/mol. The third-order valence-corrected chi connectivity index (χ3v) is 4.35. The maximum absolute atomic E-state index is 12.4. The van der Waals surface area contributed by atoms with Crippen LogP contribution in [-0.2, 0) is 20.3 Å². The van der Waals surface area contributed by atoms with Crippen LogP contribution in [0.3, 0.4) is 0 Å². The third-order valence-electron chi connectivity index (χ3n) is 2.27. The minimum absolute atomic E-state index is 0.294. The van der Waals surface area contributed by atoms with E-state index in [2.05, 4.69) is 0 Å². The highest BCUT2D eigenvalue weighted by Crippen LogP contribution is 2.32. The van der Waals surface area contributed by atoms with Crippen molar-refractivity contribution in [1.82, 2.24) is 0 Å². The van der Waals surface area contributed by atoms with Gasteiger partial charge >= 0.3 is 5.51 Å². The Bertz CT molecular complexity index is 472. The van der Waals surface area contributed by atoms with Gasteiger partial charge in [-0.05, 0) is 40.8 Å². The summed E-state index contributed by atoms with van der Waals surface area (Å²) in [5.41, 5.74) is -4.29. The van der Waals surface area contributed by atoms with Crippen LogP contribution in [0.1, 0.15) is 11.9 Å². The van der Waals surface area contributed by atoms with Gasteiger partial charge in [-0.3, -0.25) is 0 Å². The van der Waals surface area contributed by atoms with E-state index in [-0.39, 0.29) is 4.90 Å². The Hall–Kier alpha value is -0.190. The molecule has 0 spiro atoms. The molecule has 1 aliphatic heterocycles. The Morgan fingerprint density at radius 3 is 2.44 bits per heavy atom. The third kappa shape index (κ3) is 3.03. The molecule has 1 saturated heterocycles. The molecule has 0 amide bonds. The Morgan fingerprint density at radius 1 is 1.28 bits per heavy atom. The first-order valence-electron chi connectivity index (χ1n) is 4.91. The lowest BCUT2D eigenvalue weighted by Crippen LogP contribution is -2.16. The van der Waals surface area contributed by atoms with Crippen LogP contribution < -0.4 is 0 Å². The normalized spacial score (nSPS) is 19.1. The van der Waals surface area contributed by atoms with E-state index in [0.29, 0.717) is 22.3 Å². The van der Waals surface area contributed by atoms with Gasteiger partial charge in [0.25, 0.3) is 0 Å². The summed E-state index contributed by atoms with van der Waals surface area (Å²) < 4.78 is 59.6. The van der Waals surface area contributed by atoms with Crippen molar-refractivity contribution in [3.63, 3.8) is 0 Å². The van der Waals surface area contributed by atoms with E-state index in [4.69, 9.17) is 9.47 Å². The Balaban J connectivity index is 2.34. The van der Waals surface area contributed by atoms with E-state index in [1.807, 2.05) is 22.6 Å². The molecule has 0 saturated carbocycles. The zero-order valence-corrected chi connectivity index (χ0v) is 11.8. The highest BCUT2D eigenvalue weighted by Gasteiger charge is 2.38. The van der Waals surface area contributed by atoms with Gasteiger partial charge < -0.3 is 9.47 Å². The van der Waals surface area contributed by atoms with E-state index in [0.717, 1.165) is 0 Å².